The van der Waals surface area contributed by atoms with Crippen molar-refractivity contribution < 1.29 is 13.9 Å². The molecule has 0 aromatic heterocycles. The van der Waals surface area contributed by atoms with Gasteiger partial charge in [-0.25, -0.2) is 9.18 Å². The van der Waals surface area contributed by atoms with Crippen LogP contribution in [0.25, 0.3) is 0 Å². The summed E-state index contributed by atoms with van der Waals surface area (Å²) in [6.07, 6.45) is 0. The van der Waals surface area contributed by atoms with E-state index in [1.54, 1.807) is 13.0 Å². The molecule has 0 unspecified atom stereocenters. The fourth-order valence-electron chi connectivity index (χ4n) is 1.04. The quantitative estimate of drug-likeness (QED) is 0.530. The Balaban J connectivity index is 3.33. The number of hydrogen-bond donors (Lipinski definition) is 1. The van der Waals surface area contributed by atoms with Crippen LogP contribution in [0.3, 0.4) is 0 Å². The molecule has 70 valence electrons. The Morgan fingerprint density at radius 2 is 2.15 bits per heavy atom. The maximum absolute atomic E-state index is 13.3. The molecular formula is C9H10FNO2. The van der Waals surface area contributed by atoms with Gasteiger partial charge in [0.1, 0.15) is 5.56 Å². The second kappa shape index (κ2) is 3.43. The van der Waals surface area contributed by atoms with Gasteiger partial charge in [-0.15, -0.1) is 0 Å². The zero-order chi connectivity index (χ0) is 10.0. The fourth-order valence-corrected chi connectivity index (χ4v) is 1.04. The van der Waals surface area contributed by atoms with E-state index >= 15 is 0 Å². The molecule has 13 heavy (non-hydrogen) atoms. The Hall–Kier alpha value is -1.58. The van der Waals surface area contributed by atoms with Crippen LogP contribution in [-0.4, -0.2) is 13.1 Å². The molecule has 0 aliphatic carbocycles. The van der Waals surface area contributed by atoms with Crippen molar-refractivity contribution in [3.63, 3.8) is 0 Å². The maximum Gasteiger partial charge on any atom is 0.341 e. The largest absolute Gasteiger partial charge is 0.465 e. The Morgan fingerprint density at radius 1 is 1.54 bits per heavy atom. The molecule has 3 nitrogen and oxygen atoms in total. The first-order chi connectivity index (χ1) is 6.07. The van der Waals surface area contributed by atoms with Crippen LogP contribution in [0.2, 0.25) is 0 Å². The number of hydrogen-bond acceptors (Lipinski definition) is 3. The molecule has 1 aromatic carbocycles. The monoisotopic (exact) mass is 183 g/mol. The van der Waals surface area contributed by atoms with E-state index in [1.165, 1.54) is 13.2 Å². The number of methoxy groups -OCH3 is 1. The number of carbonyl (C=O) groups excluding carboxylic acids is 1. The van der Waals surface area contributed by atoms with Crippen molar-refractivity contribution in [2.75, 3.05) is 12.8 Å². The van der Waals surface area contributed by atoms with Crippen molar-refractivity contribution >= 4 is 11.7 Å². The van der Waals surface area contributed by atoms with Gasteiger partial charge in [-0.05, 0) is 18.6 Å². The Bertz CT molecular complexity index is 350. The van der Waals surface area contributed by atoms with Crippen molar-refractivity contribution in [1.29, 1.82) is 0 Å². The van der Waals surface area contributed by atoms with Crippen LogP contribution in [0.15, 0.2) is 12.1 Å². The molecule has 0 saturated heterocycles. The van der Waals surface area contributed by atoms with E-state index in [4.69, 9.17) is 5.73 Å². The lowest BCUT2D eigenvalue weighted by Crippen LogP contribution is -2.08. The van der Waals surface area contributed by atoms with E-state index < -0.39 is 11.8 Å². The second-order valence-electron chi connectivity index (χ2n) is 2.65. The van der Waals surface area contributed by atoms with Crippen molar-refractivity contribution in [3.05, 3.63) is 29.1 Å². The summed E-state index contributed by atoms with van der Waals surface area (Å²) in [5, 5.41) is 0. The predicted octanol–water partition coefficient (Wildman–Crippen LogP) is 1.50. The van der Waals surface area contributed by atoms with Gasteiger partial charge in [0.2, 0.25) is 0 Å². The topological polar surface area (TPSA) is 52.3 Å². The van der Waals surface area contributed by atoms with Gasteiger partial charge in [0.05, 0.1) is 12.8 Å². The molecule has 0 atom stereocenters. The average molecular weight is 183 g/mol. The minimum atomic E-state index is -0.716. The molecule has 0 fully saturated rings. The van der Waals surface area contributed by atoms with E-state index in [0.29, 0.717) is 5.56 Å². The van der Waals surface area contributed by atoms with Gasteiger partial charge in [0.15, 0.2) is 5.82 Å². The van der Waals surface area contributed by atoms with Crippen molar-refractivity contribution in [1.82, 2.24) is 0 Å². The predicted molar refractivity (Wildman–Crippen MR) is 46.9 cm³/mol. The summed E-state index contributed by atoms with van der Waals surface area (Å²) in [7, 11) is 1.20. The third-order valence-electron chi connectivity index (χ3n) is 1.77. The average Bonchev–Trinajstić information content (AvgIpc) is 2.12. The first kappa shape index (κ1) is 9.51. The molecule has 1 rings (SSSR count). The first-order valence-electron chi connectivity index (χ1n) is 3.70. The third-order valence-corrected chi connectivity index (χ3v) is 1.77. The summed E-state index contributed by atoms with van der Waals surface area (Å²) >= 11 is 0. The summed E-state index contributed by atoms with van der Waals surface area (Å²) in [5.41, 5.74) is 5.67. The van der Waals surface area contributed by atoms with Gasteiger partial charge in [0.25, 0.3) is 0 Å². The number of carbonyl (C=O) groups is 1. The van der Waals surface area contributed by atoms with Crippen LogP contribution in [-0.2, 0) is 4.74 Å². The summed E-state index contributed by atoms with van der Waals surface area (Å²) in [4.78, 5) is 11.1. The molecule has 0 bridgehead atoms. The van der Waals surface area contributed by atoms with Gasteiger partial charge in [0, 0.05) is 0 Å². The van der Waals surface area contributed by atoms with Crippen LogP contribution < -0.4 is 5.73 Å². The van der Waals surface area contributed by atoms with E-state index in [2.05, 4.69) is 4.74 Å². The molecule has 0 radical (unpaired) electrons. The Morgan fingerprint density at radius 3 is 2.69 bits per heavy atom. The van der Waals surface area contributed by atoms with Crippen molar-refractivity contribution in [2.45, 2.75) is 6.92 Å². The van der Waals surface area contributed by atoms with Crippen LogP contribution in [0.1, 0.15) is 15.9 Å². The van der Waals surface area contributed by atoms with Gasteiger partial charge >= 0.3 is 5.97 Å². The van der Waals surface area contributed by atoms with E-state index in [9.17, 15) is 9.18 Å². The van der Waals surface area contributed by atoms with Gasteiger partial charge < -0.3 is 10.5 Å². The zero-order valence-electron chi connectivity index (χ0n) is 7.43. The molecule has 1 aromatic rings. The smallest absolute Gasteiger partial charge is 0.341 e. The minimum absolute atomic E-state index is 0.0500. The minimum Gasteiger partial charge on any atom is -0.465 e. The molecule has 2 N–H and O–H groups in total. The summed E-state index contributed by atoms with van der Waals surface area (Å²) in [5.74, 6) is -1.42. The van der Waals surface area contributed by atoms with Crippen LogP contribution >= 0.6 is 0 Å². The number of rotatable bonds is 1. The molecular weight excluding hydrogens is 173 g/mol. The summed E-state index contributed by atoms with van der Waals surface area (Å²) in [6.45, 7) is 1.62. The lowest BCUT2D eigenvalue weighted by Gasteiger charge is -2.06. The number of anilines is 1. The highest BCUT2D eigenvalue weighted by Crippen LogP contribution is 2.19. The number of esters is 1. The number of aryl methyl sites for hydroxylation is 1. The fraction of sp³-hybridized carbons (Fsp3) is 0.222. The van der Waals surface area contributed by atoms with Crippen molar-refractivity contribution in [3.8, 4) is 0 Å². The summed E-state index contributed by atoms with van der Waals surface area (Å²) < 4.78 is 17.7. The SMILES string of the molecule is COC(=O)c1c(C)ccc(N)c1F. The second-order valence-corrected chi connectivity index (χ2v) is 2.65. The lowest BCUT2D eigenvalue weighted by atomic mass is 10.1. The number of nitrogens with two attached hydrogens (primary N) is 1. The van der Waals surface area contributed by atoms with E-state index in [1.807, 2.05) is 0 Å². The van der Waals surface area contributed by atoms with E-state index in [-0.39, 0.29) is 11.3 Å². The van der Waals surface area contributed by atoms with Crippen LogP contribution in [0, 0.1) is 12.7 Å². The molecule has 0 aliphatic rings. The van der Waals surface area contributed by atoms with Gasteiger partial charge in [-0.2, -0.15) is 0 Å². The van der Waals surface area contributed by atoms with Crippen LogP contribution in [0.4, 0.5) is 10.1 Å². The molecule has 0 saturated carbocycles. The number of benzene rings is 1. The molecule has 0 heterocycles. The normalized spacial score (nSPS) is 9.77. The molecule has 4 heteroatoms. The highest BCUT2D eigenvalue weighted by atomic mass is 19.1. The van der Waals surface area contributed by atoms with E-state index in [0.717, 1.165) is 0 Å². The standard InChI is InChI=1S/C9H10FNO2/c1-5-3-4-6(11)8(10)7(5)9(12)13-2/h3-4H,11H2,1-2H3. The van der Waals surface area contributed by atoms with Gasteiger partial charge in [-0.3, -0.25) is 0 Å². The number of halogens is 1. The number of ether oxygens (including phenoxy) is 1. The zero-order valence-corrected chi connectivity index (χ0v) is 7.43. The lowest BCUT2D eigenvalue weighted by molar-refractivity contribution is 0.0595. The Labute approximate surface area is 75.3 Å². The number of nitrogen functional groups attached to an aromatic ring is 1. The third kappa shape index (κ3) is 1.61. The summed E-state index contributed by atoms with van der Waals surface area (Å²) in [6, 6.07) is 2.99. The van der Waals surface area contributed by atoms with Gasteiger partial charge in [-0.1, -0.05) is 6.07 Å². The molecule has 0 amide bonds. The highest BCUT2D eigenvalue weighted by molar-refractivity contribution is 5.92. The first-order valence-corrected chi connectivity index (χ1v) is 3.70. The molecule has 0 spiro atoms. The maximum atomic E-state index is 13.3. The van der Waals surface area contributed by atoms with Crippen molar-refractivity contribution in [2.24, 2.45) is 0 Å². The van der Waals surface area contributed by atoms with Crippen LogP contribution in [0.5, 0.6) is 0 Å². The highest BCUT2D eigenvalue weighted by Gasteiger charge is 2.16. The molecule has 0 aliphatic heterocycles. The Kier molecular flexibility index (Phi) is 2.51.